The molecule has 114 valence electrons. The number of rotatable bonds is 3. The van der Waals surface area contributed by atoms with Gasteiger partial charge < -0.3 is 15.0 Å². The summed E-state index contributed by atoms with van der Waals surface area (Å²) in [6, 6.07) is 0. The first-order valence-electron chi connectivity index (χ1n) is 6.01. The largest absolute Gasteiger partial charge is 0.383 e. The summed E-state index contributed by atoms with van der Waals surface area (Å²) in [5.74, 6) is 0.903. The van der Waals surface area contributed by atoms with Crippen molar-refractivity contribution in [3.8, 4) is 0 Å². The van der Waals surface area contributed by atoms with Crippen LogP contribution in [0.2, 0.25) is 0 Å². The quantitative estimate of drug-likeness (QED) is 0.317. The molecule has 0 unspecified atom stereocenters. The van der Waals surface area contributed by atoms with Crippen LogP contribution in [0.1, 0.15) is 13.8 Å². The van der Waals surface area contributed by atoms with Crippen molar-refractivity contribution >= 4 is 39.8 Å². The molecule has 0 amide bonds. The molecule has 0 saturated carbocycles. The first-order valence-corrected chi connectivity index (χ1v) is 7.66. The molecular formula is C11H24IN3O3S. The second-order valence-electron chi connectivity index (χ2n) is 4.97. The number of nitrogens with zero attached hydrogens (tertiary/aromatic N) is 2. The standard InChI is InChI=1S/C11H23N3O3S.HI/c1-11(2)9-14(6-8-18(11,15)16)10(12-3)13-5-7-17-4;/h5-9H2,1-4H3,(H,12,13);1H. The summed E-state index contributed by atoms with van der Waals surface area (Å²) < 4.78 is 28.1. The second kappa shape index (κ2) is 7.63. The van der Waals surface area contributed by atoms with Crippen molar-refractivity contribution in [2.45, 2.75) is 18.6 Å². The zero-order valence-electron chi connectivity index (χ0n) is 12.0. The molecule has 1 rings (SSSR count). The summed E-state index contributed by atoms with van der Waals surface area (Å²) in [4.78, 5) is 6.16. The minimum absolute atomic E-state index is 0. The van der Waals surface area contributed by atoms with E-state index in [4.69, 9.17) is 4.74 Å². The smallest absolute Gasteiger partial charge is 0.193 e. The van der Waals surface area contributed by atoms with Crippen LogP contribution in [0.5, 0.6) is 0 Å². The Labute approximate surface area is 132 Å². The lowest BCUT2D eigenvalue weighted by Crippen LogP contribution is -2.57. The molecule has 0 radical (unpaired) electrons. The molecule has 0 bridgehead atoms. The molecule has 8 heteroatoms. The average Bonchev–Trinajstić information content (AvgIpc) is 2.29. The zero-order chi connectivity index (χ0) is 13.8. The minimum atomic E-state index is -3.01. The normalized spacial score (nSPS) is 21.7. The van der Waals surface area contributed by atoms with Crippen LogP contribution in [-0.4, -0.2) is 70.2 Å². The molecule has 1 heterocycles. The SMILES string of the molecule is CN=C(NCCOC)N1CCS(=O)(=O)C(C)(C)C1.I. The van der Waals surface area contributed by atoms with E-state index in [-0.39, 0.29) is 29.7 Å². The molecule has 0 aromatic rings. The van der Waals surface area contributed by atoms with E-state index in [1.54, 1.807) is 28.0 Å². The fraction of sp³-hybridized carbons (Fsp3) is 0.909. The number of ether oxygens (including phenoxy) is 1. The maximum absolute atomic E-state index is 11.9. The van der Waals surface area contributed by atoms with E-state index in [0.717, 1.165) is 5.96 Å². The van der Waals surface area contributed by atoms with E-state index in [9.17, 15) is 8.42 Å². The van der Waals surface area contributed by atoms with Crippen molar-refractivity contribution in [1.82, 2.24) is 10.2 Å². The van der Waals surface area contributed by atoms with Gasteiger partial charge in [-0.05, 0) is 13.8 Å². The van der Waals surface area contributed by atoms with Crippen molar-refractivity contribution in [3.63, 3.8) is 0 Å². The van der Waals surface area contributed by atoms with Crippen molar-refractivity contribution in [2.75, 3.05) is 46.2 Å². The molecular weight excluding hydrogens is 381 g/mol. The van der Waals surface area contributed by atoms with Gasteiger partial charge in [0.1, 0.15) is 0 Å². The maximum Gasteiger partial charge on any atom is 0.193 e. The van der Waals surface area contributed by atoms with Gasteiger partial charge in [-0.15, -0.1) is 24.0 Å². The lowest BCUT2D eigenvalue weighted by Gasteiger charge is -2.39. The topological polar surface area (TPSA) is 71.0 Å². The third-order valence-corrected chi connectivity index (χ3v) is 5.68. The number of nitrogens with one attached hydrogen (secondary N) is 1. The number of sulfone groups is 1. The highest BCUT2D eigenvalue weighted by atomic mass is 127. The van der Waals surface area contributed by atoms with Gasteiger partial charge in [0, 0.05) is 33.8 Å². The van der Waals surface area contributed by atoms with E-state index >= 15 is 0 Å². The molecule has 0 aromatic heterocycles. The summed E-state index contributed by atoms with van der Waals surface area (Å²) in [5.41, 5.74) is 0. The van der Waals surface area contributed by atoms with Gasteiger partial charge in [0.15, 0.2) is 15.8 Å². The lowest BCUT2D eigenvalue weighted by molar-refractivity contribution is 0.202. The fourth-order valence-electron chi connectivity index (χ4n) is 1.92. The highest BCUT2D eigenvalue weighted by molar-refractivity contribution is 14.0. The van der Waals surface area contributed by atoms with Crippen LogP contribution in [0.15, 0.2) is 4.99 Å². The monoisotopic (exact) mass is 405 g/mol. The highest BCUT2D eigenvalue weighted by Gasteiger charge is 2.40. The zero-order valence-corrected chi connectivity index (χ0v) is 15.1. The van der Waals surface area contributed by atoms with E-state index in [0.29, 0.717) is 26.2 Å². The van der Waals surface area contributed by atoms with Gasteiger partial charge in [-0.25, -0.2) is 8.42 Å². The molecule has 1 saturated heterocycles. The van der Waals surface area contributed by atoms with E-state index in [1.165, 1.54) is 0 Å². The predicted octanol–water partition coefficient (Wildman–Crippen LogP) is 0.335. The Bertz CT molecular complexity index is 409. The summed E-state index contributed by atoms with van der Waals surface area (Å²) >= 11 is 0. The molecule has 0 aliphatic carbocycles. The Morgan fingerprint density at radius 2 is 2.11 bits per heavy atom. The fourth-order valence-corrected chi connectivity index (χ4v) is 3.29. The van der Waals surface area contributed by atoms with Gasteiger partial charge in [-0.1, -0.05) is 0 Å². The van der Waals surface area contributed by atoms with Crippen LogP contribution in [0, 0.1) is 0 Å². The molecule has 0 spiro atoms. The van der Waals surface area contributed by atoms with Crippen LogP contribution in [0.25, 0.3) is 0 Å². The maximum atomic E-state index is 11.9. The summed E-state index contributed by atoms with van der Waals surface area (Å²) in [7, 11) is 0.330. The number of methoxy groups -OCH3 is 1. The minimum Gasteiger partial charge on any atom is -0.383 e. The third-order valence-electron chi connectivity index (χ3n) is 3.14. The number of hydrogen-bond donors (Lipinski definition) is 1. The Morgan fingerprint density at radius 3 is 2.58 bits per heavy atom. The highest BCUT2D eigenvalue weighted by Crippen LogP contribution is 2.23. The van der Waals surface area contributed by atoms with Crippen LogP contribution >= 0.6 is 24.0 Å². The Hall–Kier alpha value is -0.0900. The van der Waals surface area contributed by atoms with E-state index < -0.39 is 14.6 Å². The number of aliphatic imine (C=N–C) groups is 1. The van der Waals surface area contributed by atoms with Crippen LogP contribution in [0.3, 0.4) is 0 Å². The Morgan fingerprint density at radius 1 is 1.47 bits per heavy atom. The summed E-state index contributed by atoms with van der Waals surface area (Å²) in [6.45, 7) is 5.72. The Balaban J connectivity index is 0.00000324. The van der Waals surface area contributed by atoms with Crippen LogP contribution in [-0.2, 0) is 14.6 Å². The average molecular weight is 405 g/mol. The van der Waals surface area contributed by atoms with Crippen molar-refractivity contribution < 1.29 is 13.2 Å². The van der Waals surface area contributed by atoms with Gasteiger partial charge in [0.25, 0.3) is 0 Å². The molecule has 0 aromatic carbocycles. The molecule has 1 aliphatic heterocycles. The van der Waals surface area contributed by atoms with Gasteiger partial charge in [-0.2, -0.15) is 0 Å². The first-order chi connectivity index (χ1) is 8.34. The molecule has 1 fully saturated rings. The van der Waals surface area contributed by atoms with Crippen molar-refractivity contribution in [2.24, 2.45) is 4.99 Å². The number of halogens is 1. The summed E-state index contributed by atoms with van der Waals surface area (Å²) in [6.07, 6.45) is 0. The second-order valence-corrected chi connectivity index (χ2v) is 7.71. The van der Waals surface area contributed by atoms with Gasteiger partial charge >= 0.3 is 0 Å². The molecule has 6 nitrogen and oxygen atoms in total. The van der Waals surface area contributed by atoms with Crippen molar-refractivity contribution in [3.05, 3.63) is 0 Å². The third kappa shape index (κ3) is 4.75. The first kappa shape index (κ1) is 18.9. The van der Waals surface area contributed by atoms with E-state index in [2.05, 4.69) is 10.3 Å². The molecule has 0 atom stereocenters. The summed E-state index contributed by atoms with van der Waals surface area (Å²) in [5, 5.41) is 3.16. The van der Waals surface area contributed by atoms with Gasteiger partial charge in [-0.3, -0.25) is 4.99 Å². The van der Waals surface area contributed by atoms with Gasteiger partial charge in [0.05, 0.1) is 17.1 Å². The van der Waals surface area contributed by atoms with Gasteiger partial charge in [0.2, 0.25) is 0 Å². The molecule has 19 heavy (non-hydrogen) atoms. The Kier molecular flexibility index (Phi) is 7.59. The van der Waals surface area contributed by atoms with Crippen LogP contribution < -0.4 is 5.32 Å². The molecule has 1 N–H and O–H groups in total. The predicted molar refractivity (Wildman–Crippen MR) is 88.1 cm³/mol. The molecule has 1 aliphatic rings. The number of hydrogen-bond acceptors (Lipinski definition) is 4. The number of guanidine groups is 1. The van der Waals surface area contributed by atoms with Crippen LogP contribution in [0.4, 0.5) is 0 Å². The van der Waals surface area contributed by atoms with E-state index in [1.807, 2.05) is 4.90 Å². The van der Waals surface area contributed by atoms with Crippen molar-refractivity contribution in [1.29, 1.82) is 0 Å². The lowest BCUT2D eigenvalue weighted by atomic mass is 10.2.